The van der Waals surface area contributed by atoms with Crippen LogP contribution in [0, 0.1) is 0 Å². The van der Waals surface area contributed by atoms with Crippen LogP contribution in [0.2, 0.25) is 0 Å². The van der Waals surface area contributed by atoms with Crippen molar-refractivity contribution in [3.05, 3.63) is 26.5 Å². The first kappa shape index (κ1) is 16.9. The van der Waals surface area contributed by atoms with Gasteiger partial charge in [0.15, 0.2) is 5.69 Å². The Balaban J connectivity index is 1.68. The number of amidine groups is 1. The molecule has 0 saturated carbocycles. The van der Waals surface area contributed by atoms with Crippen LogP contribution < -0.4 is 11.2 Å². The van der Waals surface area contributed by atoms with E-state index in [0.717, 1.165) is 61.8 Å². The van der Waals surface area contributed by atoms with Gasteiger partial charge in [0, 0.05) is 67.0 Å². The molecule has 24 heavy (non-hydrogen) atoms. The summed E-state index contributed by atoms with van der Waals surface area (Å²) in [5.41, 5.74) is 0.539. The van der Waals surface area contributed by atoms with Gasteiger partial charge in [-0.15, -0.1) is 0 Å². The first-order valence-corrected chi connectivity index (χ1v) is 8.35. The van der Waals surface area contributed by atoms with Crippen LogP contribution in [0.3, 0.4) is 0 Å². The fourth-order valence-corrected chi connectivity index (χ4v) is 3.35. The molecular formula is C16H25N5O3. The number of aromatic nitrogens is 2. The van der Waals surface area contributed by atoms with E-state index >= 15 is 0 Å². The van der Waals surface area contributed by atoms with Crippen LogP contribution in [0.4, 0.5) is 5.69 Å². The van der Waals surface area contributed by atoms with Gasteiger partial charge in [-0.2, -0.15) is 0 Å². The molecule has 3 rings (SSSR count). The molecule has 0 spiro atoms. The molecule has 0 aliphatic carbocycles. The number of fused-ring (bicyclic) bond motifs is 1. The van der Waals surface area contributed by atoms with Crippen molar-refractivity contribution >= 4 is 11.5 Å². The molecule has 8 heteroatoms. The maximum Gasteiger partial charge on any atom is 0.330 e. The van der Waals surface area contributed by atoms with Crippen molar-refractivity contribution in [2.75, 3.05) is 46.4 Å². The van der Waals surface area contributed by atoms with E-state index in [1.54, 1.807) is 14.2 Å². The number of piperazine rings is 1. The lowest BCUT2D eigenvalue weighted by Crippen LogP contribution is -2.49. The second-order valence-corrected chi connectivity index (χ2v) is 6.38. The van der Waals surface area contributed by atoms with E-state index in [2.05, 4.69) is 14.8 Å². The maximum absolute atomic E-state index is 12.3. The molecule has 0 amide bonds. The van der Waals surface area contributed by atoms with Crippen molar-refractivity contribution in [2.24, 2.45) is 19.1 Å². The van der Waals surface area contributed by atoms with Gasteiger partial charge < -0.3 is 9.64 Å². The molecule has 2 aliphatic rings. The quantitative estimate of drug-likeness (QED) is 0.682. The Labute approximate surface area is 141 Å². The van der Waals surface area contributed by atoms with Crippen molar-refractivity contribution in [3.8, 4) is 0 Å². The minimum atomic E-state index is -0.304. The first-order chi connectivity index (χ1) is 11.5. The molecule has 0 unspecified atom stereocenters. The Morgan fingerprint density at radius 3 is 2.46 bits per heavy atom. The van der Waals surface area contributed by atoms with Gasteiger partial charge in [-0.25, -0.2) is 9.79 Å². The van der Waals surface area contributed by atoms with Crippen molar-refractivity contribution < 1.29 is 4.74 Å². The van der Waals surface area contributed by atoms with E-state index < -0.39 is 0 Å². The van der Waals surface area contributed by atoms with E-state index in [4.69, 9.17) is 4.74 Å². The van der Waals surface area contributed by atoms with Crippen LogP contribution >= 0.6 is 0 Å². The van der Waals surface area contributed by atoms with Gasteiger partial charge in [0.05, 0.1) is 5.69 Å². The summed E-state index contributed by atoms with van der Waals surface area (Å²) >= 11 is 0. The highest BCUT2D eigenvalue weighted by Crippen LogP contribution is 2.22. The third-order valence-electron chi connectivity index (χ3n) is 4.89. The summed E-state index contributed by atoms with van der Waals surface area (Å²) in [6.07, 6.45) is 1.60. The van der Waals surface area contributed by atoms with E-state index in [1.165, 1.54) is 11.6 Å². The van der Waals surface area contributed by atoms with E-state index in [-0.39, 0.29) is 11.2 Å². The van der Waals surface area contributed by atoms with Gasteiger partial charge in [0.25, 0.3) is 5.56 Å². The average Bonchev–Trinajstić information content (AvgIpc) is 3.04. The van der Waals surface area contributed by atoms with Crippen LogP contribution in [0.25, 0.3) is 0 Å². The van der Waals surface area contributed by atoms with Crippen LogP contribution in [0.5, 0.6) is 0 Å². The van der Waals surface area contributed by atoms with E-state index in [9.17, 15) is 9.59 Å². The molecule has 1 aromatic rings. The monoisotopic (exact) mass is 335 g/mol. The fourth-order valence-electron chi connectivity index (χ4n) is 3.35. The molecule has 2 aliphatic heterocycles. The number of rotatable bonds is 4. The molecule has 0 atom stereocenters. The summed E-state index contributed by atoms with van der Waals surface area (Å²) in [6.45, 7) is 5.59. The van der Waals surface area contributed by atoms with Gasteiger partial charge in [-0.3, -0.25) is 18.8 Å². The molecule has 1 aromatic heterocycles. The Kier molecular flexibility index (Phi) is 4.86. The summed E-state index contributed by atoms with van der Waals surface area (Å²) in [4.78, 5) is 33.5. The highest BCUT2D eigenvalue weighted by molar-refractivity contribution is 5.91. The highest BCUT2D eigenvalue weighted by Gasteiger charge is 2.28. The number of hydrogen-bond donors (Lipinski definition) is 0. The van der Waals surface area contributed by atoms with Crippen LogP contribution in [-0.2, 0) is 25.3 Å². The lowest BCUT2D eigenvalue weighted by Gasteiger charge is -2.35. The highest BCUT2D eigenvalue weighted by atomic mass is 16.5. The summed E-state index contributed by atoms with van der Waals surface area (Å²) < 4.78 is 7.76. The molecule has 1 fully saturated rings. The second-order valence-electron chi connectivity index (χ2n) is 6.38. The summed E-state index contributed by atoms with van der Waals surface area (Å²) in [5.74, 6) is 0.903. The third kappa shape index (κ3) is 3.03. The van der Waals surface area contributed by atoms with Crippen molar-refractivity contribution in [1.29, 1.82) is 0 Å². The van der Waals surface area contributed by atoms with Gasteiger partial charge in [0.1, 0.15) is 5.84 Å². The third-order valence-corrected chi connectivity index (χ3v) is 4.89. The summed E-state index contributed by atoms with van der Waals surface area (Å²) in [5, 5.41) is 0. The number of hydrogen-bond acceptors (Lipinski definition) is 6. The van der Waals surface area contributed by atoms with Crippen molar-refractivity contribution in [2.45, 2.75) is 12.8 Å². The van der Waals surface area contributed by atoms with Crippen LogP contribution in [-0.4, -0.2) is 71.2 Å². The zero-order valence-corrected chi connectivity index (χ0v) is 14.6. The first-order valence-electron chi connectivity index (χ1n) is 8.35. The molecule has 0 bridgehead atoms. The Morgan fingerprint density at radius 1 is 1.08 bits per heavy atom. The Morgan fingerprint density at radius 2 is 1.79 bits per heavy atom. The number of nitrogens with zero attached hydrogens (tertiary/aromatic N) is 5. The SMILES string of the molecule is COCCCN1CCN(C2=Nc3c(n(C)c(=O)n(C)c3=O)C2)CC1. The molecule has 0 N–H and O–H groups in total. The fraction of sp³-hybridized carbons (Fsp3) is 0.688. The number of methoxy groups -OCH3 is 1. The smallest absolute Gasteiger partial charge is 0.330 e. The summed E-state index contributed by atoms with van der Waals surface area (Å²) in [7, 11) is 4.93. The normalized spacial score (nSPS) is 18.0. The van der Waals surface area contributed by atoms with Crippen LogP contribution in [0.1, 0.15) is 12.1 Å². The average molecular weight is 335 g/mol. The summed E-state index contributed by atoms with van der Waals surface area (Å²) in [6, 6.07) is 0. The molecule has 1 saturated heterocycles. The molecule has 132 valence electrons. The maximum atomic E-state index is 12.3. The molecule has 0 radical (unpaired) electrons. The topological polar surface area (TPSA) is 72.1 Å². The minimum Gasteiger partial charge on any atom is -0.385 e. The minimum absolute atomic E-state index is 0.293. The predicted octanol–water partition coefficient (Wildman–Crippen LogP) is -0.676. The van der Waals surface area contributed by atoms with Crippen LogP contribution in [0.15, 0.2) is 14.6 Å². The number of ether oxygens (including phenoxy) is 1. The standard InChI is InChI=1S/C16H25N5O3/c1-18-12-11-13(17-14(12)15(22)19(2)16(18)23)21-8-6-20(7-9-21)5-4-10-24-3/h4-11H2,1-3H3. The second kappa shape index (κ2) is 6.90. The predicted molar refractivity (Wildman–Crippen MR) is 92.2 cm³/mol. The Hall–Kier alpha value is -1.93. The lowest BCUT2D eigenvalue weighted by molar-refractivity contribution is 0.146. The zero-order valence-electron chi connectivity index (χ0n) is 14.6. The van der Waals surface area contributed by atoms with Gasteiger partial charge in [-0.05, 0) is 6.42 Å². The molecule has 0 aromatic carbocycles. The van der Waals surface area contributed by atoms with Gasteiger partial charge in [0.2, 0.25) is 0 Å². The van der Waals surface area contributed by atoms with Gasteiger partial charge in [-0.1, -0.05) is 0 Å². The molecular weight excluding hydrogens is 310 g/mol. The number of aliphatic imine (C=N–C) groups is 1. The lowest BCUT2D eigenvalue weighted by atomic mass is 10.2. The Bertz CT molecular complexity index is 756. The molecule has 3 heterocycles. The van der Waals surface area contributed by atoms with E-state index in [0.29, 0.717) is 12.1 Å². The largest absolute Gasteiger partial charge is 0.385 e. The van der Waals surface area contributed by atoms with Gasteiger partial charge >= 0.3 is 5.69 Å². The molecule has 8 nitrogen and oxygen atoms in total. The zero-order chi connectivity index (χ0) is 17.3. The van der Waals surface area contributed by atoms with E-state index in [1.807, 2.05) is 0 Å². The van der Waals surface area contributed by atoms with Crippen molar-refractivity contribution in [3.63, 3.8) is 0 Å². The van der Waals surface area contributed by atoms with Crippen molar-refractivity contribution in [1.82, 2.24) is 18.9 Å².